The number of aliphatic hydroxyl groups is 1. The summed E-state index contributed by atoms with van der Waals surface area (Å²) in [5.74, 6) is -0.568. The summed E-state index contributed by atoms with van der Waals surface area (Å²) in [5.41, 5.74) is 1.49. The van der Waals surface area contributed by atoms with Crippen molar-refractivity contribution in [2.75, 3.05) is 26.4 Å². The van der Waals surface area contributed by atoms with Crippen LogP contribution in [0.2, 0.25) is 0 Å². The van der Waals surface area contributed by atoms with Crippen molar-refractivity contribution in [2.45, 2.75) is 51.5 Å². The van der Waals surface area contributed by atoms with Gasteiger partial charge in [-0.3, -0.25) is 9.13 Å². The topological polar surface area (TPSA) is 91.3 Å². The van der Waals surface area contributed by atoms with E-state index in [1.54, 1.807) is 27.7 Å². The highest BCUT2D eigenvalue weighted by atomic mass is 31.2. The molecule has 0 bridgehead atoms. The first-order valence-electron chi connectivity index (χ1n) is 11.4. The monoisotopic (exact) mass is 498 g/mol. The van der Waals surface area contributed by atoms with Crippen molar-refractivity contribution in [3.8, 4) is 0 Å². The van der Waals surface area contributed by atoms with Gasteiger partial charge >= 0.3 is 15.2 Å². The van der Waals surface area contributed by atoms with Crippen LogP contribution in [0.5, 0.6) is 0 Å². The van der Waals surface area contributed by atoms with E-state index in [0.717, 1.165) is 5.56 Å². The smallest absolute Gasteiger partial charge is 0.345 e. The van der Waals surface area contributed by atoms with Gasteiger partial charge in [-0.05, 0) is 45.2 Å². The number of benzene rings is 2. The van der Waals surface area contributed by atoms with Crippen LogP contribution in [0.4, 0.5) is 0 Å². The molecule has 0 saturated carbocycles. The van der Waals surface area contributed by atoms with Crippen LogP contribution >= 0.6 is 15.2 Å². The van der Waals surface area contributed by atoms with Crippen LogP contribution in [0.15, 0.2) is 60.7 Å². The second-order valence-corrected chi connectivity index (χ2v) is 12.2. The van der Waals surface area contributed by atoms with Gasteiger partial charge in [-0.1, -0.05) is 60.7 Å². The van der Waals surface area contributed by atoms with Crippen LogP contribution in [-0.4, -0.2) is 36.9 Å². The molecular formula is C24H36O7P2. The Labute approximate surface area is 197 Å². The fourth-order valence-corrected chi connectivity index (χ4v) is 9.26. The standard InChI is InChI=1S/C24H36O7P2/c1-5-28-32(26,29-6-2)23(33(27,30-7-3)31-8-4)19-22(20-15-11-9-12-16-20)24(25)21-17-13-10-14-18-21/h9-18,22-25H,5-8,19H2,1-4H3. The highest BCUT2D eigenvalue weighted by Gasteiger charge is 2.52. The molecule has 0 aliphatic carbocycles. The first kappa shape index (κ1) is 27.9. The fraction of sp³-hybridized carbons (Fsp3) is 0.500. The summed E-state index contributed by atoms with van der Waals surface area (Å²) in [6.07, 6.45) is -0.946. The van der Waals surface area contributed by atoms with Gasteiger partial charge in [0.2, 0.25) is 0 Å². The van der Waals surface area contributed by atoms with Crippen molar-refractivity contribution in [1.82, 2.24) is 0 Å². The van der Waals surface area contributed by atoms with E-state index in [0.29, 0.717) is 5.56 Å². The van der Waals surface area contributed by atoms with E-state index in [-0.39, 0.29) is 32.8 Å². The predicted molar refractivity (Wildman–Crippen MR) is 131 cm³/mol. The van der Waals surface area contributed by atoms with Gasteiger partial charge < -0.3 is 23.2 Å². The first-order valence-corrected chi connectivity index (χ1v) is 14.6. The van der Waals surface area contributed by atoms with Gasteiger partial charge in [0.1, 0.15) is 0 Å². The molecule has 7 nitrogen and oxygen atoms in total. The molecule has 1 N–H and O–H groups in total. The van der Waals surface area contributed by atoms with Gasteiger partial charge in [-0.2, -0.15) is 0 Å². The second kappa shape index (κ2) is 13.6. The average Bonchev–Trinajstić information content (AvgIpc) is 2.81. The van der Waals surface area contributed by atoms with Crippen molar-refractivity contribution >= 4 is 15.2 Å². The minimum absolute atomic E-state index is 0.00856. The molecule has 0 heterocycles. The third kappa shape index (κ3) is 7.34. The molecule has 9 heteroatoms. The van der Waals surface area contributed by atoms with Crippen LogP contribution in [0.3, 0.4) is 0 Å². The summed E-state index contributed by atoms with van der Waals surface area (Å²) < 4.78 is 50.4. The molecule has 0 amide bonds. The summed E-state index contributed by atoms with van der Waals surface area (Å²) in [6, 6.07) is 18.6. The lowest BCUT2D eigenvalue weighted by molar-refractivity contribution is 0.135. The van der Waals surface area contributed by atoms with Crippen molar-refractivity contribution < 1.29 is 32.3 Å². The third-order valence-electron chi connectivity index (χ3n) is 5.18. The van der Waals surface area contributed by atoms with Crippen LogP contribution < -0.4 is 0 Å². The Balaban J connectivity index is 2.63. The van der Waals surface area contributed by atoms with E-state index in [1.807, 2.05) is 60.7 Å². The lowest BCUT2D eigenvalue weighted by Crippen LogP contribution is -2.23. The Morgan fingerprint density at radius 1 is 0.667 bits per heavy atom. The van der Waals surface area contributed by atoms with Crippen LogP contribution in [0.1, 0.15) is 57.3 Å². The summed E-state index contributed by atoms with van der Waals surface area (Å²) >= 11 is 0. The van der Waals surface area contributed by atoms with Crippen molar-refractivity contribution in [3.63, 3.8) is 0 Å². The van der Waals surface area contributed by atoms with Crippen molar-refractivity contribution in [3.05, 3.63) is 71.8 Å². The molecule has 2 aromatic rings. The first-order chi connectivity index (χ1) is 15.8. The minimum atomic E-state index is -3.94. The molecule has 0 aliphatic rings. The van der Waals surface area contributed by atoms with E-state index in [9.17, 15) is 14.2 Å². The van der Waals surface area contributed by atoms with Gasteiger partial charge in [0.25, 0.3) is 0 Å². The Morgan fingerprint density at radius 3 is 1.39 bits per heavy atom. The molecule has 2 atom stereocenters. The summed E-state index contributed by atoms with van der Waals surface area (Å²) in [6.45, 7) is 7.19. The molecule has 0 aliphatic heterocycles. The molecule has 0 aromatic heterocycles. The van der Waals surface area contributed by atoms with Crippen LogP contribution in [0, 0.1) is 0 Å². The molecule has 0 radical (unpaired) electrons. The molecule has 0 saturated heterocycles. The minimum Gasteiger partial charge on any atom is -0.388 e. The van der Waals surface area contributed by atoms with Crippen LogP contribution in [0.25, 0.3) is 0 Å². The Kier molecular flexibility index (Phi) is 11.5. The molecule has 2 aromatic carbocycles. The lowest BCUT2D eigenvalue weighted by Gasteiger charge is -2.35. The van der Waals surface area contributed by atoms with Gasteiger partial charge in [0.15, 0.2) is 5.40 Å². The van der Waals surface area contributed by atoms with Crippen molar-refractivity contribution in [2.24, 2.45) is 0 Å². The van der Waals surface area contributed by atoms with E-state index in [4.69, 9.17) is 18.1 Å². The number of rotatable bonds is 15. The van der Waals surface area contributed by atoms with Gasteiger partial charge in [0, 0.05) is 5.92 Å². The van der Waals surface area contributed by atoms with E-state index < -0.39 is 32.6 Å². The van der Waals surface area contributed by atoms with E-state index in [2.05, 4.69) is 0 Å². The Bertz CT molecular complexity index is 858. The maximum absolute atomic E-state index is 14.0. The summed E-state index contributed by atoms with van der Waals surface area (Å²) in [7, 11) is -7.88. The predicted octanol–water partition coefficient (Wildman–Crippen LogP) is 6.75. The molecule has 0 fully saturated rings. The van der Waals surface area contributed by atoms with Gasteiger partial charge in [-0.15, -0.1) is 0 Å². The summed E-state index contributed by atoms with van der Waals surface area (Å²) in [4.78, 5) is 0. The van der Waals surface area contributed by atoms with Gasteiger partial charge in [0.05, 0.1) is 32.5 Å². The average molecular weight is 498 g/mol. The second-order valence-electron chi connectivity index (χ2n) is 7.34. The van der Waals surface area contributed by atoms with Crippen molar-refractivity contribution in [1.29, 1.82) is 0 Å². The molecule has 184 valence electrons. The zero-order chi connectivity index (χ0) is 24.3. The number of hydrogen-bond acceptors (Lipinski definition) is 7. The van der Waals surface area contributed by atoms with Gasteiger partial charge in [-0.25, -0.2) is 0 Å². The Hall–Kier alpha value is -1.30. The molecule has 0 spiro atoms. The normalized spacial score (nSPS) is 14.4. The Morgan fingerprint density at radius 2 is 1.03 bits per heavy atom. The number of aliphatic hydroxyl groups excluding tert-OH is 1. The maximum atomic E-state index is 14.0. The van der Waals surface area contributed by atoms with E-state index >= 15 is 0 Å². The zero-order valence-corrected chi connectivity index (χ0v) is 21.6. The van der Waals surface area contributed by atoms with E-state index in [1.165, 1.54) is 0 Å². The molecular weight excluding hydrogens is 462 g/mol. The third-order valence-corrected chi connectivity index (χ3v) is 11.2. The van der Waals surface area contributed by atoms with Crippen LogP contribution in [-0.2, 0) is 27.2 Å². The zero-order valence-electron chi connectivity index (χ0n) is 19.8. The molecule has 33 heavy (non-hydrogen) atoms. The quantitative estimate of drug-likeness (QED) is 0.272. The molecule has 2 rings (SSSR count). The summed E-state index contributed by atoms with van der Waals surface area (Å²) in [5, 5.41) is 10.2. The fourth-order valence-electron chi connectivity index (χ4n) is 3.83. The number of hydrogen-bond donors (Lipinski definition) is 1. The maximum Gasteiger partial charge on any atom is 0.345 e. The molecule has 2 unspecified atom stereocenters. The largest absolute Gasteiger partial charge is 0.388 e. The highest BCUT2D eigenvalue weighted by Crippen LogP contribution is 2.72. The lowest BCUT2D eigenvalue weighted by atomic mass is 9.87. The SMILES string of the molecule is CCOP(=O)(OCC)C(CC(c1ccccc1)C(O)c1ccccc1)P(=O)(OCC)OCC. The highest BCUT2D eigenvalue weighted by molar-refractivity contribution is 7.72.